The van der Waals surface area contributed by atoms with E-state index in [9.17, 15) is 4.79 Å². The maximum Gasteiger partial charge on any atom is 0.274 e. The Bertz CT molecular complexity index is 740. The van der Waals surface area contributed by atoms with Crippen molar-refractivity contribution in [3.8, 4) is 5.75 Å². The molecule has 1 aliphatic rings. The lowest BCUT2D eigenvalue weighted by Gasteiger charge is -2.23. The molecule has 2 aromatic rings. The highest BCUT2D eigenvalue weighted by atomic mass is 16.5. The van der Waals surface area contributed by atoms with Gasteiger partial charge in [0.25, 0.3) is 5.91 Å². The van der Waals surface area contributed by atoms with E-state index in [0.29, 0.717) is 23.2 Å². The first-order valence-corrected chi connectivity index (χ1v) is 9.41. The maximum absolute atomic E-state index is 12.6. The second-order valence-corrected chi connectivity index (χ2v) is 7.03. The molecule has 1 fully saturated rings. The summed E-state index contributed by atoms with van der Waals surface area (Å²) >= 11 is 0. The number of pyridine rings is 1. The lowest BCUT2D eigenvalue weighted by atomic mass is 9.95. The molecule has 0 spiro atoms. The predicted octanol–water partition coefficient (Wildman–Crippen LogP) is 4.87. The van der Waals surface area contributed by atoms with Crippen molar-refractivity contribution in [2.45, 2.75) is 58.1 Å². The zero-order valence-corrected chi connectivity index (χ0v) is 15.5. The quantitative estimate of drug-likeness (QED) is 0.778. The average Bonchev–Trinajstić information content (AvgIpc) is 2.64. The fraction of sp³-hybridized carbons (Fsp3) is 0.429. The van der Waals surface area contributed by atoms with Crippen LogP contribution in [-0.2, 0) is 0 Å². The van der Waals surface area contributed by atoms with Crippen LogP contribution < -0.4 is 15.4 Å². The third-order valence-corrected chi connectivity index (χ3v) is 4.47. The molecule has 26 heavy (non-hydrogen) atoms. The second kappa shape index (κ2) is 8.70. The molecule has 0 aliphatic heterocycles. The molecule has 1 saturated carbocycles. The Balaban J connectivity index is 1.69. The van der Waals surface area contributed by atoms with Gasteiger partial charge in [-0.1, -0.05) is 31.4 Å². The van der Waals surface area contributed by atoms with Crippen LogP contribution in [0.25, 0.3) is 0 Å². The average molecular weight is 353 g/mol. The van der Waals surface area contributed by atoms with Gasteiger partial charge in [0.1, 0.15) is 11.4 Å². The number of benzene rings is 1. The standard InChI is InChI=1S/C21H27N3O2/c1-15(2)26-20-11-7-6-10-18(20)24-21(25)19-14-17(12-13-22-19)23-16-8-4-3-5-9-16/h6-7,10-16H,3-5,8-9H2,1-2H3,(H,22,23)(H,24,25). The minimum Gasteiger partial charge on any atom is -0.489 e. The van der Waals surface area contributed by atoms with E-state index in [1.807, 2.05) is 50.2 Å². The number of carbonyl (C=O) groups excluding carboxylic acids is 1. The van der Waals surface area contributed by atoms with Gasteiger partial charge in [-0.2, -0.15) is 0 Å². The van der Waals surface area contributed by atoms with E-state index >= 15 is 0 Å². The van der Waals surface area contributed by atoms with Gasteiger partial charge in [0.15, 0.2) is 0 Å². The van der Waals surface area contributed by atoms with Crippen molar-refractivity contribution >= 4 is 17.3 Å². The molecular formula is C21H27N3O2. The van der Waals surface area contributed by atoms with Crippen LogP contribution in [0.3, 0.4) is 0 Å². The van der Waals surface area contributed by atoms with Crippen LogP contribution in [0.5, 0.6) is 5.75 Å². The summed E-state index contributed by atoms with van der Waals surface area (Å²) in [6, 6.07) is 11.7. The molecule has 0 radical (unpaired) electrons. The predicted molar refractivity (Wildman–Crippen MR) is 105 cm³/mol. The minimum atomic E-state index is -0.239. The molecule has 0 unspecified atom stereocenters. The highest BCUT2D eigenvalue weighted by molar-refractivity contribution is 6.04. The Morgan fingerprint density at radius 2 is 1.92 bits per heavy atom. The van der Waals surface area contributed by atoms with Gasteiger partial charge in [-0.15, -0.1) is 0 Å². The molecule has 0 bridgehead atoms. The van der Waals surface area contributed by atoms with E-state index in [1.165, 1.54) is 32.1 Å². The van der Waals surface area contributed by atoms with Crippen molar-refractivity contribution in [3.63, 3.8) is 0 Å². The van der Waals surface area contributed by atoms with Crippen molar-refractivity contribution in [3.05, 3.63) is 48.3 Å². The van der Waals surface area contributed by atoms with E-state index in [0.717, 1.165) is 5.69 Å². The number of amides is 1. The monoisotopic (exact) mass is 353 g/mol. The zero-order valence-electron chi connectivity index (χ0n) is 15.5. The summed E-state index contributed by atoms with van der Waals surface area (Å²) < 4.78 is 5.76. The van der Waals surface area contributed by atoms with Gasteiger partial charge in [0, 0.05) is 17.9 Å². The van der Waals surface area contributed by atoms with Crippen LogP contribution >= 0.6 is 0 Å². The fourth-order valence-electron chi connectivity index (χ4n) is 3.24. The van der Waals surface area contributed by atoms with Crippen molar-refractivity contribution < 1.29 is 9.53 Å². The number of carbonyl (C=O) groups is 1. The number of anilines is 2. The molecule has 0 atom stereocenters. The summed E-state index contributed by atoms with van der Waals surface area (Å²) in [4.78, 5) is 16.9. The summed E-state index contributed by atoms with van der Waals surface area (Å²) in [6.45, 7) is 3.92. The van der Waals surface area contributed by atoms with Gasteiger partial charge in [0.2, 0.25) is 0 Å². The molecule has 1 heterocycles. The summed E-state index contributed by atoms with van der Waals surface area (Å²) in [7, 11) is 0. The Kier molecular flexibility index (Phi) is 6.10. The van der Waals surface area contributed by atoms with Gasteiger partial charge < -0.3 is 15.4 Å². The Morgan fingerprint density at radius 3 is 2.69 bits per heavy atom. The van der Waals surface area contributed by atoms with Crippen molar-refractivity contribution in [2.75, 3.05) is 10.6 Å². The summed E-state index contributed by atoms with van der Waals surface area (Å²) in [5.74, 6) is 0.421. The number of nitrogens with zero attached hydrogens (tertiary/aromatic N) is 1. The number of ether oxygens (including phenoxy) is 1. The Labute approximate surface area is 155 Å². The van der Waals surface area contributed by atoms with Crippen LogP contribution in [-0.4, -0.2) is 23.0 Å². The van der Waals surface area contributed by atoms with E-state index in [2.05, 4.69) is 15.6 Å². The smallest absolute Gasteiger partial charge is 0.274 e. The highest BCUT2D eigenvalue weighted by Gasteiger charge is 2.15. The molecule has 0 saturated heterocycles. The first-order valence-electron chi connectivity index (χ1n) is 9.41. The van der Waals surface area contributed by atoms with E-state index < -0.39 is 0 Å². The van der Waals surface area contributed by atoms with E-state index in [1.54, 1.807) is 6.20 Å². The van der Waals surface area contributed by atoms with Crippen LogP contribution in [0.1, 0.15) is 56.4 Å². The second-order valence-electron chi connectivity index (χ2n) is 7.03. The topological polar surface area (TPSA) is 63.2 Å². The van der Waals surface area contributed by atoms with Gasteiger partial charge in [0.05, 0.1) is 11.8 Å². The maximum atomic E-state index is 12.6. The summed E-state index contributed by atoms with van der Waals surface area (Å²) in [5, 5.41) is 6.44. The molecule has 1 amide bonds. The fourth-order valence-corrected chi connectivity index (χ4v) is 3.24. The first kappa shape index (κ1) is 18.2. The lowest BCUT2D eigenvalue weighted by molar-refractivity contribution is 0.102. The van der Waals surface area contributed by atoms with Crippen molar-refractivity contribution in [2.24, 2.45) is 0 Å². The van der Waals surface area contributed by atoms with Crippen molar-refractivity contribution in [1.29, 1.82) is 0 Å². The highest BCUT2D eigenvalue weighted by Crippen LogP contribution is 2.26. The summed E-state index contributed by atoms with van der Waals surface area (Å²) in [6.07, 6.45) is 7.93. The SMILES string of the molecule is CC(C)Oc1ccccc1NC(=O)c1cc(NC2CCCCC2)ccn1. The number of aromatic nitrogens is 1. The number of rotatable bonds is 6. The third kappa shape index (κ3) is 4.97. The van der Waals surface area contributed by atoms with Gasteiger partial charge >= 0.3 is 0 Å². The largest absolute Gasteiger partial charge is 0.489 e. The normalized spacial score (nSPS) is 14.9. The van der Waals surface area contributed by atoms with Crippen LogP contribution in [0.4, 0.5) is 11.4 Å². The molecule has 1 aromatic carbocycles. The van der Waals surface area contributed by atoms with Crippen molar-refractivity contribution in [1.82, 2.24) is 4.98 Å². The molecule has 1 aromatic heterocycles. The molecular weight excluding hydrogens is 326 g/mol. The van der Waals surface area contributed by atoms with Crippen LogP contribution in [0, 0.1) is 0 Å². The van der Waals surface area contributed by atoms with Crippen LogP contribution in [0.2, 0.25) is 0 Å². The van der Waals surface area contributed by atoms with E-state index in [-0.39, 0.29) is 12.0 Å². The van der Waals surface area contributed by atoms with Gasteiger partial charge in [-0.05, 0) is 51.0 Å². The zero-order chi connectivity index (χ0) is 18.4. The summed E-state index contributed by atoms with van der Waals surface area (Å²) in [5.41, 5.74) is 1.99. The Hall–Kier alpha value is -2.56. The molecule has 3 rings (SSSR count). The molecule has 1 aliphatic carbocycles. The first-order chi connectivity index (χ1) is 12.6. The lowest BCUT2D eigenvalue weighted by Crippen LogP contribution is -2.22. The molecule has 138 valence electrons. The van der Waals surface area contributed by atoms with Gasteiger partial charge in [-0.25, -0.2) is 0 Å². The Morgan fingerprint density at radius 1 is 1.15 bits per heavy atom. The number of nitrogens with one attached hydrogen (secondary N) is 2. The number of hydrogen-bond acceptors (Lipinski definition) is 4. The third-order valence-electron chi connectivity index (χ3n) is 4.47. The molecule has 5 nitrogen and oxygen atoms in total. The number of para-hydroxylation sites is 2. The van der Waals surface area contributed by atoms with E-state index in [4.69, 9.17) is 4.74 Å². The molecule has 5 heteroatoms. The minimum absolute atomic E-state index is 0.0363. The number of hydrogen-bond donors (Lipinski definition) is 2. The van der Waals surface area contributed by atoms with Gasteiger partial charge in [-0.3, -0.25) is 9.78 Å². The van der Waals surface area contributed by atoms with Crippen LogP contribution in [0.15, 0.2) is 42.6 Å². The molecule has 2 N–H and O–H groups in total.